The van der Waals surface area contributed by atoms with Gasteiger partial charge >= 0.3 is 54.6 Å². The Kier molecular flexibility index (Phi) is 9.75. The van der Waals surface area contributed by atoms with Crippen LogP contribution in [0.5, 0.6) is 0 Å². The number of hydrogen-bond donors (Lipinski definition) is 0. The summed E-state index contributed by atoms with van der Waals surface area (Å²) in [6.07, 6.45) is -48.3. The van der Waals surface area contributed by atoms with Crippen molar-refractivity contribution < 1.29 is 106 Å². The third-order valence-electron chi connectivity index (χ3n) is 3.65. The first-order chi connectivity index (χ1) is 15.8. The van der Waals surface area contributed by atoms with Gasteiger partial charge in [-0.05, 0) is 6.42 Å². The number of ether oxygens (including phenoxy) is 3. The second-order valence-electron chi connectivity index (χ2n) is 6.45. The molecule has 0 saturated carbocycles. The maximum Gasteiger partial charge on any atom is 0.462 e. The SMILES string of the molecule is FC(F)(F)C(F)(F)C(F)(F)OCCC(COC(F)(F)C(F)(F)C(F)(F)F)OC(F)(F)C(F)(F)C(F)(F)F. The van der Waals surface area contributed by atoms with Crippen LogP contribution in [-0.4, -0.2) is 73.9 Å². The second-order valence-corrected chi connectivity index (χ2v) is 6.45. The van der Waals surface area contributed by atoms with Crippen LogP contribution in [0.2, 0.25) is 0 Å². The van der Waals surface area contributed by atoms with Gasteiger partial charge in [-0.25, -0.2) is 0 Å². The highest BCUT2D eigenvalue weighted by Gasteiger charge is 2.77. The molecule has 224 valence electrons. The van der Waals surface area contributed by atoms with Gasteiger partial charge in [0.1, 0.15) is 0 Å². The van der Waals surface area contributed by atoms with Crippen LogP contribution < -0.4 is 0 Å². The summed E-state index contributed by atoms with van der Waals surface area (Å²) in [5.74, 6) is -21.6. The fraction of sp³-hybridized carbons (Fsp3) is 1.00. The molecule has 1 atom stereocenters. The minimum atomic E-state index is -7.31. The lowest BCUT2D eigenvalue weighted by molar-refractivity contribution is -0.448. The monoisotopic (exact) mass is 610 g/mol. The van der Waals surface area contributed by atoms with Gasteiger partial charge in [0.2, 0.25) is 0 Å². The summed E-state index contributed by atoms with van der Waals surface area (Å²) in [5.41, 5.74) is 0. The molecule has 0 aromatic heterocycles. The fourth-order valence-electron chi connectivity index (χ4n) is 1.65. The van der Waals surface area contributed by atoms with E-state index in [4.69, 9.17) is 0 Å². The Morgan fingerprint density at radius 3 is 1.03 bits per heavy atom. The van der Waals surface area contributed by atoms with E-state index < -0.39 is 80.4 Å². The summed E-state index contributed by atoms with van der Waals surface area (Å²) in [6.45, 7) is -5.63. The molecule has 0 aromatic carbocycles. The molecule has 1 unspecified atom stereocenters. The third kappa shape index (κ3) is 7.29. The minimum Gasteiger partial charge on any atom is -0.315 e. The molecular weight excluding hydrogens is 603 g/mol. The molecule has 3 nitrogen and oxygen atoms in total. The van der Waals surface area contributed by atoms with Gasteiger partial charge in [0, 0.05) is 0 Å². The van der Waals surface area contributed by atoms with Crippen molar-refractivity contribution in [2.75, 3.05) is 13.2 Å². The molecule has 0 saturated heterocycles. The summed E-state index contributed by atoms with van der Waals surface area (Å²) < 4.78 is 271. The predicted molar refractivity (Wildman–Crippen MR) is 69.2 cm³/mol. The van der Waals surface area contributed by atoms with Gasteiger partial charge < -0.3 is 14.2 Å². The van der Waals surface area contributed by atoms with Gasteiger partial charge in [0.25, 0.3) is 0 Å². The van der Waals surface area contributed by atoms with Crippen LogP contribution in [-0.2, 0) is 14.2 Å². The van der Waals surface area contributed by atoms with Crippen molar-refractivity contribution in [2.45, 2.75) is 67.1 Å². The number of hydrogen-bond acceptors (Lipinski definition) is 3. The van der Waals surface area contributed by atoms with Crippen LogP contribution in [0.3, 0.4) is 0 Å². The third-order valence-corrected chi connectivity index (χ3v) is 3.65. The Bertz CT molecular complexity index is 748. The second kappa shape index (κ2) is 10.2. The number of rotatable bonds is 12. The maximum atomic E-state index is 13.3. The average molecular weight is 610 g/mol. The van der Waals surface area contributed by atoms with Gasteiger partial charge in [-0.1, -0.05) is 0 Å². The lowest BCUT2D eigenvalue weighted by atomic mass is 10.2. The normalized spacial score (nSPS) is 16.8. The first-order valence-corrected chi connectivity index (χ1v) is 8.21. The molecule has 0 fully saturated rings. The molecule has 24 heteroatoms. The maximum absolute atomic E-state index is 13.3. The van der Waals surface area contributed by atoms with E-state index in [9.17, 15) is 92.2 Å². The van der Waals surface area contributed by atoms with Crippen LogP contribution >= 0.6 is 0 Å². The highest BCUT2D eigenvalue weighted by Crippen LogP contribution is 2.50. The lowest BCUT2D eigenvalue weighted by Gasteiger charge is -2.33. The molecular formula is C13H7F21O3. The summed E-state index contributed by atoms with van der Waals surface area (Å²) in [6, 6.07) is 0. The lowest BCUT2D eigenvalue weighted by Crippen LogP contribution is -2.56. The van der Waals surface area contributed by atoms with E-state index in [0.29, 0.717) is 0 Å². The smallest absolute Gasteiger partial charge is 0.315 e. The highest BCUT2D eigenvalue weighted by atomic mass is 19.4. The molecule has 0 bridgehead atoms. The van der Waals surface area contributed by atoms with Crippen LogP contribution in [0.1, 0.15) is 6.42 Å². The number of alkyl halides is 21. The highest BCUT2D eigenvalue weighted by molar-refractivity contribution is 4.88. The van der Waals surface area contributed by atoms with Crippen molar-refractivity contribution in [1.29, 1.82) is 0 Å². The van der Waals surface area contributed by atoms with Crippen LogP contribution in [0.25, 0.3) is 0 Å². The largest absolute Gasteiger partial charge is 0.462 e. The van der Waals surface area contributed by atoms with Gasteiger partial charge in [-0.3, -0.25) is 0 Å². The van der Waals surface area contributed by atoms with Crippen LogP contribution in [0, 0.1) is 0 Å². The molecule has 0 spiro atoms. The molecule has 0 aliphatic carbocycles. The zero-order valence-corrected chi connectivity index (χ0v) is 16.4. The Morgan fingerprint density at radius 1 is 0.405 bits per heavy atom. The predicted octanol–water partition coefficient (Wildman–Crippen LogP) is 7.17. The summed E-state index contributed by atoms with van der Waals surface area (Å²) in [5, 5.41) is 0. The Labute approximate surface area is 188 Å². The van der Waals surface area contributed by atoms with Crippen molar-refractivity contribution in [2.24, 2.45) is 0 Å². The van der Waals surface area contributed by atoms with Crippen molar-refractivity contribution in [3.05, 3.63) is 0 Å². The minimum absolute atomic E-state index is 2.43. The average Bonchev–Trinajstić information content (AvgIpc) is 2.62. The zero-order valence-electron chi connectivity index (χ0n) is 16.4. The van der Waals surface area contributed by atoms with E-state index in [1.54, 1.807) is 0 Å². The Hall–Kier alpha value is -1.59. The quantitative estimate of drug-likeness (QED) is 0.220. The standard InChI is InChI=1S/C13H7F21O3/c14-5(15,8(20,21)22)11(29,30)35-2-1-4(37-13(33,34)7(18,19)10(26,27)28)3-36-12(31,32)6(16,17)9(23,24)25/h4H,1-3H2. The van der Waals surface area contributed by atoms with E-state index in [-0.39, 0.29) is 0 Å². The molecule has 0 N–H and O–H groups in total. The van der Waals surface area contributed by atoms with E-state index in [0.717, 1.165) is 0 Å². The Balaban J connectivity index is 5.96. The number of halogens is 21. The summed E-state index contributed by atoms with van der Waals surface area (Å²) in [4.78, 5) is 0. The van der Waals surface area contributed by atoms with E-state index >= 15 is 0 Å². The van der Waals surface area contributed by atoms with Gasteiger partial charge in [0.15, 0.2) is 0 Å². The first kappa shape index (κ1) is 35.4. The van der Waals surface area contributed by atoms with Crippen molar-refractivity contribution in [3.8, 4) is 0 Å². The zero-order chi connectivity index (χ0) is 30.3. The molecule has 0 heterocycles. The van der Waals surface area contributed by atoms with Crippen molar-refractivity contribution in [3.63, 3.8) is 0 Å². The molecule has 0 aliphatic rings. The Morgan fingerprint density at radius 2 is 0.703 bits per heavy atom. The molecule has 0 amide bonds. The topological polar surface area (TPSA) is 27.7 Å². The molecule has 0 aromatic rings. The molecule has 0 radical (unpaired) electrons. The molecule has 0 rings (SSSR count). The van der Waals surface area contributed by atoms with E-state index in [1.165, 1.54) is 0 Å². The van der Waals surface area contributed by atoms with Gasteiger partial charge in [-0.15, -0.1) is 0 Å². The van der Waals surface area contributed by atoms with Crippen LogP contribution in [0.4, 0.5) is 92.2 Å². The summed E-state index contributed by atoms with van der Waals surface area (Å²) in [7, 11) is 0. The van der Waals surface area contributed by atoms with Gasteiger partial charge in [0.05, 0.1) is 19.3 Å². The van der Waals surface area contributed by atoms with Crippen molar-refractivity contribution in [1.82, 2.24) is 0 Å². The van der Waals surface area contributed by atoms with Gasteiger partial charge in [-0.2, -0.15) is 92.2 Å². The summed E-state index contributed by atoms with van der Waals surface area (Å²) >= 11 is 0. The van der Waals surface area contributed by atoms with E-state index in [2.05, 4.69) is 14.2 Å². The van der Waals surface area contributed by atoms with Crippen molar-refractivity contribution >= 4 is 0 Å². The van der Waals surface area contributed by atoms with Crippen LogP contribution in [0.15, 0.2) is 0 Å². The molecule has 0 aliphatic heterocycles. The fourth-order valence-corrected chi connectivity index (χ4v) is 1.65. The molecule has 37 heavy (non-hydrogen) atoms. The first-order valence-electron chi connectivity index (χ1n) is 8.21. The van der Waals surface area contributed by atoms with E-state index in [1.807, 2.05) is 0 Å².